The van der Waals surface area contributed by atoms with Crippen LogP contribution in [0, 0.1) is 0 Å². The van der Waals surface area contributed by atoms with E-state index in [1.54, 1.807) is 19.1 Å². The monoisotopic (exact) mass is 240 g/mol. The largest absolute Gasteiger partial charge is 0.466 e. The average Bonchev–Trinajstić information content (AvgIpc) is 2.65. The predicted molar refractivity (Wildman–Crippen MR) is 64.6 cm³/mol. The third-order valence-electron chi connectivity index (χ3n) is 2.13. The third-order valence-corrected chi connectivity index (χ3v) is 2.13. The van der Waals surface area contributed by atoms with Crippen molar-refractivity contribution in [2.24, 2.45) is 0 Å². The first kappa shape index (κ1) is 13.6. The zero-order valence-corrected chi connectivity index (χ0v) is 10.7. The molecule has 1 atom stereocenters. The Morgan fingerprint density at radius 3 is 2.53 bits per heavy atom. The van der Waals surface area contributed by atoms with Crippen LogP contribution >= 0.6 is 0 Å². The van der Waals surface area contributed by atoms with Crippen molar-refractivity contribution in [1.82, 2.24) is 10.6 Å². The van der Waals surface area contributed by atoms with Gasteiger partial charge in [-0.2, -0.15) is 0 Å². The van der Waals surface area contributed by atoms with Gasteiger partial charge in [0.25, 0.3) is 0 Å². The Bertz CT molecular complexity index is 364. The van der Waals surface area contributed by atoms with Crippen molar-refractivity contribution >= 4 is 6.03 Å². The number of amides is 2. The predicted octanol–water partition coefficient (Wildman–Crippen LogP) is 1.58. The molecule has 1 rings (SSSR count). The maximum Gasteiger partial charge on any atom is 0.315 e. The first-order valence-electron chi connectivity index (χ1n) is 5.53. The molecule has 0 aromatic carbocycles. The average molecular weight is 240 g/mol. The summed E-state index contributed by atoms with van der Waals surface area (Å²) >= 11 is 0. The van der Waals surface area contributed by atoms with E-state index in [1.807, 2.05) is 20.8 Å². The third kappa shape index (κ3) is 4.48. The molecule has 1 heterocycles. The minimum Gasteiger partial charge on any atom is -0.466 e. The van der Waals surface area contributed by atoms with Crippen LogP contribution in [0.2, 0.25) is 0 Å². The highest BCUT2D eigenvalue weighted by molar-refractivity contribution is 5.74. The van der Waals surface area contributed by atoms with Crippen molar-refractivity contribution in [3.05, 3.63) is 24.2 Å². The van der Waals surface area contributed by atoms with Gasteiger partial charge in [0.05, 0.1) is 12.8 Å². The maximum atomic E-state index is 11.5. The van der Waals surface area contributed by atoms with E-state index in [1.165, 1.54) is 6.26 Å². The topological polar surface area (TPSA) is 74.5 Å². The molecule has 0 aliphatic carbocycles. The number of carbonyl (C=O) groups is 1. The van der Waals surface area contributed by atoms with Gasteiger partial charge >= 0.3 is 6.03 Å². The summed E-state index contributed by atoms with van der Waals surface area (Å²) in [5.74, 6) is 0.425. The van der Waals surface area contributed by atoms with Crippen LogP contribution in [0.3, 0.4) is 0 Å². The summed E-state index contributed by atoms with van der Waals surface area (Å²) in [6.45, 7) is 7.33. The molecule has 0 aliphatic rings. The zero-order valence-electron chi connectivity index (χ0n) is 10.7. The van der Waals surface area contributed by atoms with Crippen LogP contribution in [0.5, 0.6) is 0 Å². The molecule has 0 bridgehead atoms. The van der Waals surface area contributed by atoms with E-state index >= 15 is 0 Å². The van der Waals surface area contributed by atoms with Crippen molar-refractivity contribution in [3.8, 4) is 0 Å². The maximum absolute atomic E-state index is 11.5. The number of aliphatic hydroxyl groups is 1. The number of urea groups is 1. The molecule has 2 amide bonds. The van der Waals surface area contributed by atoms with E-state index in [4.69, 9.17) is 4.42 Å². The Morgan fingerprint density at radius 2 is 2.06 bits per heavy atom. The number of rotatable bonds is 3. The standard InChI is InChI=1S/C12H20N2O3/c1-11(2,3)14-10(15)13-8-12(4,16)9-6-5-7-17-9/h5-7,16H,8H2,1-4H3,(H2,13,14,15). The molecule has 0 spiro atoms. The summed E-state index contributed by atoms with van der Waals surface area (Å²) < 4.78 is 5.11. The first-order chi connectivity index (χ1) is 7.71. The summed E-state index contributed by atoms with van der Waals surface area (Å²) in [5, 5.41) is 15.4. The van der Waals surface area contributed by atoms with Crippen LogP contribution in [0.15, 0.2) is 22.8 Å². The van der Waals surface area contributed by atoms with Crippen LogP contribution in [-0.4, -0.2) is 23.2 Å². The first-order valence-corrected chi connectivity index (χ1v) is 5.53. The number of hydrogen-bond acceptors (Lipinski definition) is 3. The van der Waals surface area contributed by atoms with Gasteiger partial charge in [0.15, 0.2) is 0 Å². The van der Waals surface area contributed by atoms with Gasteiger partial charge < -0.3 is 20.2 Å². The Labute approximate surface area is 101 Å². The van der Waals surface area contributed by atoms with Gasteiger partial charge in [0.1, 0.15) is 11.4 Å². The van der Waals surface area contributed by atoms with Crippen LogP contribution < -0.4 is 10.6 Å². The smallest absolute Gasteiger partial charge is 0.315 e. The lowest BCUT2D eigenvalue weighted by Crippen LogP contribution is -2.49. The fourth-order valence-electron chi connectivity index (χ4n) is 1.31. The Kier molecular flexibility index (Phi) is 3.83. The van der Waals surface area contributed by atoms with Gasteiger partial charge in [-0.15, -0.1) is 0 Å². The number of nitrogens with one attached hydrogen (secondary N) is 2. The highest BCUT2D eigenvalue weighted by Gasteiger charge is 2.27. The van der Waals surface area contributed by atoms with Crippen molar-refractivity contribution in [2.75, 3.05) is 6.54 Å². The van der Waals surface area contributed by atoms with Gasteiger partial charge in [-0.05, 0) is 39.8 Å². The zero-order chi connectivity index (χ0) is 13.1. The Hall–Kier alpha value is -1.49. The minimum absolute atomic E-state index is 0.0857. The molecule has 0 fully saturated rings. The number of carbonyl (C=O) groups excluding carboxylic acids is 1. The van der Waals surface area contributed by atoms with Gasteiger partial charge in [0, 0.05) is 5.54 Å². The summed E-state index contributed by atoms with van der Waals surface area (Å²) in [6.07, 6.45) is 1.49. The summed E-state index contributed by atoms with van der Waals surface area (Å²) in [6, 6.07) is 3.05. The van der Waals surface area contributed by atoms with Crippen molar-refractivity contribution < 1.29 is 14.3 Å². The second-order valence-electron chi connectivity index (χ2n) is 5.31. The number of furan rings is 1. The van der Waals surface area contributed by atoms with Gasteiger partial charge in [-0.25, -0.2) is 4.79 Å². The fraction of sp³-hybridized carbons (Fsp3) is 0.583. The lowest BCUT2D eigenvalue weighted by atomic mass is 10.0. The normalized spacial score (nSPS) is 15.1. The van der Waals surface area contributed by atoms with Gasteiger partial charge in [0.2, 0.25) is 0 Å². The van der Waals surface area contributed by atoms with E-state index in [0.717, 1.165) is 0 Å². The van der Waals surface area contributed by atoms with E-state index in [9.17, 15) is 9.90 Å². The molecular formula is C12H20N2O3. The summed E-state index contributed by atoms with van der Waals surface area (Å²) in [5.41, 5.74) is -1.51. The lowest BCUT2D eigenvalue weighted by molar-refractivity contribution is 0.0365. The quantitative estimate of drug-likeness (QED) is 0.751. The molecular weight excluding hydrogens is 220 g/mol. The Morgan fingerprint density at radius 1 is 1.41 bits per heavy atom. The lowest BCUT2D eigenvalue weighted by Gasteiger charge is -2.24. The second kappa shape index (κ2) is 4.79. The van der Waals surface area contributed by atoms with Crippen LogP contribution in [0.4, 0.5) is 4.79 Å². The van der Waals surface area contributed by atoms with Gasteiger partial charge in [-0.1, -0.05) is 0 Å². The summed E-state index contributed by atoms with van der Waals surface area (Å²) in [4.78, 5) is 11.5. The van der Waals surface area contributed by atoms with Gasteiger partial charge in [-0.3, -0.25) is 0 Å². The van der Waals surface area contributed by atoms with Crippen LogP contribution in [-0.2, 0) is 5.60 Å². The van der Waals surface area contributed by atoms with E-state index in [-0.39, 0.29) is 18.1 Å². The molecule has 1 aromatic heterocycles. The molecule has 1 unspecified atom stereocenters. The molecule has 0 saturated heterocycles. The molecule has 1 aromatic rings. The Balaban J connectivity index is 2.48. The van der Waals surface area contributed by atoms with E-state index < -0.39 is 5.60 Å². The highest BCUT2D eigenvalue weighted by atomic mass is 16.4. The molecule has 3 N–H and O–H groups in total. The molecule has 5 nitrogen and oxygen atoms in total. The van der Waals surface area contributed by atoms with E-state index in [2.05, 4.69) is 10.6 Å². The number of hydrogen-bond donors (Lipinski definition) is 3. The van der Waals surface area contributed by atoms with E-state index in [0.29, 0.717) is 5.76 Å². The van der Waals surface area contributed by atoms with Crippen molar-refractivity contribution in [3.63, 3.8) is 0 Å². The molecule has 0 saturated carbocycles. The SMILES string of the molecule is CC(C)(C)NC(=O)NCC(C)(O)c1ccco1. The second-order valence-corrected chi connectivity index (χ2v) is 5.31. The van der Waals surface area contributed by atoms with Crippen LogP contribution in [0.1, 0.15) is 33.5 Å². The molecule has 0 radical (unpaired) electrons. The molecule has 96 valence electrons. The fourth-order valence-corrected chi connectivity index (χ4v) is 1.31. The molecule has 0 aliphatic heterocycles. The van der Waals surface area contributed by atoms with Crippen molar-refractivity contribution in [2.45, 2.75) is 38.8 Å². The van der Waals surface area contributed by atoms with Crippen molar-refractivity contribution in [1.29, 1.82) is 0 Å². The molecule has 5 heteroatoms. The molecule has 17 heavy (non-hydrogen) atoms. The van der Waals surface area contributed by atoms with Crippen LogP contribution in [0.25, 0.3) is 0 Å². The highest BCUT2D eigenvalue weighted by Crippen LogP contribution is 2.19. The summed E-state index contributed by atoms with van der Waals surface area (Å²) in [7, 11) is 0. The minimum atomic E-state index is -1.21.